The zero-order valence-electron chi connectivity index (χ0n) is 27.9. The predicted octanol–water partition coefficient (Wildman–Crippen LogP) is 3.88. The summed E-state index contributed by atoms with van der Waals surface area (Å²) < 4.78 is 80.4. The van der Waals surface area contributed by atoms with Crippen LogP contribution in [0.4, 0.5) is 42.8 Å². The number of aromatic nitrogens is 2. The molecule has 2 saturated heterocycles. The summed E-state index contributed by atoms with van der Waals surface area (Å²) in [5.74, 6) is -2.95. The summed E-state index contributed by atoms with van der Waals surface area (Å²) in [5, 5.41) is 22.4. The quantitative estimate of drug-likeness (QED) is 0.330. The second-order valence-electron chi connectivity index (χ2n) is 13.3. The Morgan fingerprint density at radius 3 is 2.04 bits per heavy atom. The van der Waals surface area contributed by atoms with Crippen molar-refractivity contribution in [2.75, 3.05) is 62.2 Å². The van der Waals surface area contributed by atoms with E-state index < -0.39 is 59.8 Å². The van der Waals surface area contributed by atoms with Crippen LogP contribution in [-0.4, -0.2) is 112 Å². The molecule has 4 rings (SSSR count). The maximum Gasteiger partial charge on any atom is 0.451 e. The number of benzene rings is 1. The number of aliphatic hydroxyl groups is 1. The van der Waals surface area contributed by atoms with E-state index in [2.05, 4.69) is 15.3 Å². The van der Waals surface area contributed by atoms with E-state index >= 15 is 0 Å². The van der Waals surface area contributed by atoms with Gasteiger partial charge in [0.25, 0.3) is 0 Å². The van der Waals surface area contributed by atoms with E-state index in [1.54, 1.807) is 30.6 Å². The van der Waals surface area contributed by atoms with Crippen LogP contribution < -0.4 is 15.1 Å². The molecule has 3 N–H and O–H groups in total. The molecule has 2 aliphatic heterocycles. The molecule has 1 aromatic carbocycles. The summed E-state index contributed by atoms with van der Waals surface area (Å²) >= 11 is 0. The van der Waals surface area contributed by atoms with Gasteiger partial charge in [-0.25, -0.2) is 14.8 Å². The summed E-state index contributed by atoms with van der Waals surface area (Å²) in [6.45, 7) is 4.81. The van der Waals surface area contributed by atoms with Crippen molar-refractivity contribution >= 4 is 29.5 Å². The molecule has 2 fully saturated rings. The van der Waals surface area contributed by atoms with Gasteiger partial charge in [-0.05, 0) is 57.7 Å². The highest BCUT2D eigenvalue weighted by atomic mass is 19.4. The van der Waals surface area contributed by atoms with E-state index in [1.165, 1.54) is 23.1 Å². The molecular formula is C32H41F6N7O5. The molecule has 3 amide bonds. The minimum Gasteiger partial charge on any atom is -0.465 e. The Balaban J connectivity index is 1.42. The third kappa shape index (κ3) is 9.45. The van der Waals surface area contributed by atoms with Gasteiger partial charge in [0.15, 0.2) is 0 Å². The summed E-state index contributed by atoms with van der Waals surface area (Å²) in [5.41, 5.74) is -1.17. The summed E-state index contributed by atoms with van der Waals surface area (Å²) in [7, 11) is 0. The monoisotopic (exact) mass is 717 g/mol. The molecule has 2 aliphatic rings. The van der Waals surface area contributed by atoms with Gasteiger partial charge in [-0.2, -0.15) is 26.3 Å². The number of carbonyl (C=O) groups excluding carboxylic acids is 2. The molecule has 3 heterocycles. The Bertz CT molecular complexity index is 1510. The Kier molecular flexibility index (Phi) is 11.7. The lowest BCUT2D eigenvalue weighted by atomic mass is 9.97. The molecule has 0 aliphatic carbocycles. The molecule has 50 heavy (non-hydrogen) atoms. The minimum atomic E-state index is -4.88. The predicted molar refractivity (Wildman–Crippen MR) is 169 cm³/mol. The van der Waals surface area contributed by atoms with Crippen LogP contribution in [0.25, 0.3) is 0 Å². The number of hydrogen-bond acceptors (Lipinski definition) is 8. The van der Waals surface area contributed by atoms with E-state index in [4.69, 9.17) is 0 Å². The Morgan fingerprint density at radius 2 is 1.52 bits per heavy atom. The number of carboxylic acid groups (broad SMARTS) is 1. The number of alkyl halides is 6. The topological polar surface area (TPSA) is 142 Å². The lowest BCUT2D eigenvalue weighted by Crippen LogP contribution is -2.61. The zero-order chi connectivity index (χ0) is 37.0. The first-order valence-corrected chi connectivity index (χ1v) is 16.1. The molecule has 18 heteroatoms. The van der Waals surface area contributed by atoms with Gasteiger partial charge in [-0.15, -0.1) is 0 Å². The number of piperidine rings is 1. The van der Waals surface area contributed by atoms with Crippen molar-refractivity contribution in [2.24, 2.45) is 5.92 Å². The second-order valence-corrected chi connectivity index (χ2v) is 13.3. The number of halogens is 6. The van der Waals surface area contributed by atoms with Crippen molar-refractivity contribution in [3.05, 3.63) is 47.3 Å². The Labute approximate surface area is 285 Å². The SMILES string of the molecule is CC(C)(C)N(C(=O)O)C(CO)C(=O)N1CCN(c2cc(N3CCCC(C(=O)NCCc4ccc(C(F)(F)F)cc4)C3)nc(C(F)(F)F)n2)CC1. The highest BCUT2D eigenvalue weighted by molar-refractivity contribution is 5.86. The molecule has 276 valence electrons. The van der Waals surface area contributed by atoms with Crippen LogP contribution in [-0.2, 0) is 28.4 Å². The van der Waals surface area contributed by atoms with Gasteiger partial charge in [0.05, 0.1) is 18.1 Å². The van der Waals surface area contributed by atoms with Crippen molar-refractivity contribution in [3.63, 3.8) is 0 Å². The molecule has 12 nitrogen and oxygen atoms in total. The maximum atomic E-state index is 14.0. The first kappa shape index (κ1) is 38.5. The minimum absolute atomic E-state index is 0.0225. The van der Waals surface area contributed by atoms with Crippen LogP contribution in [0, 0.1) is 5.92 Å². The van der Waals surface area contributed by atoms with E-state index in [1.807, 2.05) is 0 Å². The maximum absolute atomic E-state index is 14.0. The molecular weight excluding hydrogens is 676 g/mol. The summed E-state index contributed by atoms with van der Waals surface area (Å²) in [6, 6.07) is 4.65. The van der Waals surface area contributed by atoms with E-state index in [-0.39, 0.29) is 56.8 Å². The summed E-state index contributed by atoms with van der Waals surface area (Å²) in [6.07, 6.45) is -9.45. The lowest BCUT2D eigenvalue weighted by molar-refractivity contribution is -0.145. The molecule has 0 saturated carbocycles. The van der Waals surface area contributed by atoms with Gasteiger partial charge >= 0.3 is 18.4 Å². The summed E-state index contributed by atoms with van der Waals surface area (Å²) in [4.78, 5) is 51.1. The van der Waals surface area contributed by atoms with Crippen LogP contribution in [0.2, 0.25) is 0 Å². The van der Waals surface area contributed by atoms with Crippen molar-refractivity contribution in [1.82, 2.24) is 25.1 Å². The van der Waals surface area contributed by atoms with E-state index in [9.17, 15) is 50.9 Å². The van der Waals surface area contributed by atoms with Crippen molar-refractivity contribution in [2.45, 2.75) is 64.0 Å². The second kappa shape index (κ2) is 15.3. The number of nitrogens with one attached hydrogen (secondary N) is 1. The molecule has 0 bridgehead atoms. The highest BCUT2D eigenvalue weighted by Crippen LogP contribution is 2.33. The number of hydrogen-bond donors (Lipinski definition) is 3. The van der Waals surface area contributed by atoms with Gasteiger partial charge in [0.1, 0.15) is 17.7 Å². The smallest absolute Gasteiger partial charge is 0.451 e. The molecule has 2 aromatic rings. The Morgan fingerprint density at radius 1 is 0.920 bits per heavy atom. The molecule has 0 radical (unpaired) electrons. The molecule has 1 aromatic heterocycles. The lowest BCUT2D eigenvalue weighted by Gasteiger charge is -2.42. The third-order valence-corrected chi connectivity index (χ3v) is 8.68. The first-order chi connectivity index (χ1) is 23.3. The van der Waals surface area contributed by atoms with Crippen molar-refractivity contribution < 1.29 is 50.9 Å². The van der Waals surface area contributed by atoms with Gasteiger partial charge < -0.3 is 30.2 Å². The fourth-order valence-corrected chi connectivity index (χ4v) is 6.13. The average Bonchev–Trinajstić information content (AvgIpc) is 3.05. The number of carbonyl (C=O) groups is 3. The standard InChI is InChI=1S/C32H41F6N7O5/c1-30(2,3)45(29(49)50)23(19-46)27(48)43-15-13-42(14-16-43)24-17-25(41-28(40-24)32(36,37)38)44-12-4-5-21(18-44)26(47)39-11-10-20-6-8-22(9-7-20)31(33,34)35/h6-9,17,21,23,46H,4-5,10-16,18-19H2,1-3H3,(H,39,47)(H,49,50). The number of anilines is 2. The highest BCUT2D eigenvalue weighted by Gasteiger charge is 2.41. The third-order valence-electron chi connectivity index (χ3n) is 8.68. The fourth-order valence-electron chi connectivity index (χ4n) is 6.13. The Hall–Kier alpha value is -4.35. The van der Waals surface area contributed by atoms with Crippen LogP contribution in [0.15, 0.2) is 30.3 Å². The van der Waals surface area contributed by atoms with Crippen LogP contribution in [0.5, 0.6) is 0 Å². The van der Waals surface area contributed by atoms with E-state index in [0.29, 0.717) is 31.4 Å². The first-order valence-electron chi connectivity index (χ1n) is 16.1. The van der Waals surface area contributed by atoms with Crippen LogP contribution in [0.1, 0.15) is 50.6 Å². The van der Waals surface area contributed by atoms with Crippen LogP contribution >= 0.6 is 0 Å². The zero-order valence-corrected chi connectivity index (χ0v) is 27.9. The number of amides is 3. The number of rotatable bonds is 9. The number of piperazine rings is 1. The van der Waals surface area contributed by atoms with Gasteiger partial charge in [0.2, 0.25) is 17.6 Å². The van der Waals surface area contributed by atoms with Gasteiger partial charge in [-0.3, -0.25) is 14.5 Å². The number of nitrogens with zero attached hydrogens (tertiary/aromatic N) is 6. The number of aliphatic hydroxyl groups excluding tert-OH is 1. The normalized spacial score (nSPS) is 18.1. The van der Waals surface area contributed by atoms with E-state index in [0.717, 1.165) is 17.0 Å². The van der Waals surface area contributed by atoms with Crippen molar-refractivity contribution in [1.29, 1.82) is 0 Å². The average molecular weight is 718 g/mol. The molecule has 0 spiro atoms. The fraction of sp³-hybridized carbons (Fsp3) is 0.594. The van der Waals surface area contributed by atoms with Gasteiger partial charge in [-0.1, -0.05) is 12.1 Å². The van der Waals surface area contributed by atoms with Crippen molar-refractivity contribution in [3.8, 4) is 0 Å². The molecule has 2 unspecified atom stereocenters. The largest absolute Gasteiger partial charge is 0.465 e. The van der Waals surface area contributed by atoms with Gasteiger partial charge in [0, 0.05) is 57.4 Å². The van der Waals surface area contributed by atoms with Crippen LogP contribution in [0.3, 0.4) is 0 Å². The molecule has 2 atom stereocenters.